The number of amides is 1. The van der Waals surface area contributed by atoms with Gasteiger partial charge in [-0.1, -0.05) is 11.6 Å². The minimum atomic E-state index is -1.07. The SMILES string of the molecule is CNCCN(C)CC(=O)Nc1cc(C(=O)O)ccc1Cl. The van der Waals surface area contributed by atoms with Crippen LogP contribution in [0, 0.1) is 0 Å². The molecule has 6 nitrogen and oxygen atoms in total. The van der Waals surface area contributed by atoms with E-state index in [0.717, 1.165) is 13.1 Å². The zero-order valence-electron chi connectivity index (χ0n) is 11.4. The maximum Gasteiger partial charge on any atom is 0.335 e. The number of rotatable bonds is 7. The molecule has 0 unspecified atom stereocenters. The molecule has 1 aromatic rings. The van der Waals surface area contributed by atoms with Gasteiger partial charge in [-0.15, -0.1) is 0 Å². The fourth-order valence-electron chi connectivity index (χ4n) is 1.57. The second kappa shape index (κ2) is 7.84. The molecule has 0 heterocycles. The fourth-order valence-corrected chi connectivity index (χ4v) is 1.74. The summed E-state index contributed by atoms with van der Waals surface area (Å²) >= 11 is 5.93. The van der Waals surface area contributed by atoms with Crippen LogP contribution in [0.3, 0.4) is 0 Å². The molecule has 1 amide bonds. The van der Waals surface area contributed by atoms with Crippen LogP contribution >= 0.6 is 11.6 Å². The summed E-state index contributed by atoms with van der Waals surface area (Å²) in [6.07, 6.45) is 0. The highest BCUT2D eigenvalue weighted by Crippen LogP contribution is 2.23. The van der Waals surface area contributed by atoms with Gasteiger partial charge in [0, 0.05) is 13.1 Å². The van der Waals surface area contributed by atoms with Crippen LogP contribution in [0.1, 0.15) is 10.4 Å². The number of likely N-dealkylation sites (N-methyl/N-ethyl adjacent to an activating group) is 2. The first kappa shape index (κ1) is 16.4. The van der Waals surface area contributed by atoms with Crippen molar-refractivity contribution in [3.8, 4) is 0 Å². The molecule has 1 rings (SSSR count). The van der Waals surface area contributed by atoms with Gasteiger partial charge >= 0.3 is 5.97 Å². The minimum Gasteiger partial charge on any atom is -0.478 e. The summed E-state index contributed by atoms with van der Waals surface area (Å²) < 4.78 is 0. The minimum absolute atomic E-state index is 0.0771. The van der Waals surface area contributed by atoms with E-state index in [1.54, 1.807) is 0 Å². The van der Waals surface area contributed by atoms with Gasteiger partial charge in [-0.25, -0.2) is 4.79 Å². The maximum absolute atomic E-state index is 11.8. The van der Waals surface area contributed by atoms with Crippen molar-refractivity contribution in [1.29, 1.82) is 0 Å². The Labute approximate surface area is 122 Å². The van der Waals surface area contributed by atoms with Gasteiger partial charge in [-0.2, -0.15) is 0 Å². The molecule has 0 fully saturated rings. The van der Waals surface area contributed by atoms with Crippen molar-refractivity contribution >= 4 is 29.2 Å². The number of carbonyl (C=O) groups is 2. The molecule has 0 aliphatic carbocycles. The molecule has 0 saturated carbocycles. The number of carbonyl (C=O) groups excluding carboxylic acids is 1. The molecule has 0 aliphatic rings. The largest absolute Gasteiger partial charge is 0.478 e. The lowest BCUT2D eigenvalue weighted by Gasteiger charge is -2.16. The van der Waals surface area contributed by atoms with Crippen molar-refractivity contribution in [2.75, 3.05) is 39.0 Å². The number of hydrogen-bond donors (Lipinski definition) is 3. The summed E-state index contributed by atoms with van der Waals surface area (Å²) in [5.74, 6) is -1.31. The van der Waals surface area contributed by atoms with Crippen LogP contribution in [-0.4, -0.2) is 55.6 Å². The molecule has 3 N–H and O–H groups in total. The summed E-state index contributed by atoms with van der Waals surface area (Å²) in [5.41, 5.74) is 0.381. The quantitative estimate of drug-likeness (QED) is 0.703. The highest BCUT2D eigenvalue weighted by atomic mass is 35.5. The molecule has 0 spiro atoms. The summed E-state index contributed by atoms with van der Waals surface area (Å²) in [6, 6.07) is 4.18. The first-order valence-corrected chi connectivity index (χ1v) is 6.47. The molecule has 0 bridgehead atoms. The van der Waals surface area contributed by atoms with Gasteiger partial charge in [0.1, 0.15) is 0 Å². The molecular weight excluding hydrogens is 282 g/mol. The Hall–Kier alpha value is -1.63. The Bertz CT molecular complexity index is 494. The zero-order chi connectivity index (χ0) is 15.1. The molecule has 20 heavy (non-hydrogen) atoms. The Morgan fingerprint density at radius 1 is 1.40 bits per heavy atom. The van der Waals surface area contributed by atoms with Crippen LogP contribution in [0.15, 0.2) is 18.2 Å². The average Bonchev–Trinajstić information content (AvgIpc) is 2.38. The third kappa shape index (κ3) is 5.16. The van der Waals surface area contributed by atoms with Gasteiger partial charge in [0.2, 0.25) is 5.91 Å². The number of nitrogens with one attached hydrogen (secondary N) is 2. The Balaban J connectivity index is 2.65. The van der Waals surface area contributed by atoms with Crippen molar-refractivity contribution in [3.05, 3.63) is 28.8 Å². The van der Waals surface area contributed by atoms with Crippen molar-refractivity contribution in [1.82, 2.24) is 10.2 Å². The van der Waals surface area contributed by atoms with Crippen LogP contribution < -0.4 is 10.6 Å². The smallest absolute Gasteiger partial charge is 0.335 e. The lowest BCUT2D eigenvalue weighted by Crippen LogP contribution is -2.34. The van der Waals surface area contributed by atoms with E-state index in [0.29, 0.717) is 10.7 Å². The van der Waals surface area contributed by atoms with E-state index in [1.165, 1.54) is 18.2 Å². The van der Waals surface area contributed by atoms with E-state index in [4.69, 9.17) is 16.7 Å². The first-order chi connectivity index (χ1) is 9.43. The third-order valence-electron chi connectivity index (χ3n) is 2.64. The van der Waals surface area contributed by atoms with Crippen LogP contribution in [0.2, 0.25) is 5.02 Å². The van der Waals surface area contributed by atoms with Gasteiger partial charge in [0.15, 0.2) is 0 Å². The van der Waals surface area contributed by atoms with Gasteiger partial charge in [-0.3, -0.25) is 9.69 Å². The topological polar surface area (TPSA) is 81.7 Å². The van der Waals surface area contributed by atoms with Crippen LogP contribution in [0.5, 0.6) is 0 Å². The fraction of sp³-hybridized carbons (Fsp3) is 0.385. The predicted molar refractivity (Wildman–Crippen MR) is 78.5 cm³/mol. The number of carboxylic acids is 1. The Kier molecular flexibility index (Phi) is 6.44. The second-order valence-corrected chi connectivity index (χ2v) is 4.80. The standard InChI is InChI=1S/C13H18ClN3O3/c1-15-5-6-17(2)8-12(18)16-11-7-9(13(19)20)3-4-10(11)14/h3-4,7,15H,5-6,8H2,1-2H3,(H,16,18)(H,19,20). The average molecular weight is 300 g/mol. The van der Waals surface area contributed by atoms with E-state index in [2.05, 4.69) is 10.6 Å². The molecule has 0 atom stereocenters. The Morgan fingerprint density at radius 2 is 2.10 bits per heavy atom. The van der Waals surface area contributed by atoms with Crippen molar-refractivity contribution < 1.29 is 14.7 Å². The summed E-state index contributed by atoms with van der Waals surface area (Å²) in [7, 11) is 3.66. The van der Waals surface area contributed by atoms with Gasteiger partial charge in [0.05, 0.1) is 22.8 Å². The summed E-state index contributed by atoms with van der Waals surface area (Å²) in [5, 5.41) is 14.8. The van der Waals surface area contributed by atoms with Crippen molar-refractivity contribution in [2.45, 2.75) is 0 Å². The van der Waals surface area contributed by atoms with E-state index >= 15 is 0 Å². The van der Waals surface area contributed by atoms with Gasteiger partial charge in [0.25, 0.3) is 0 Å². The number of hydrogen-bond acceptors (Lipinski definition) is 4. The van der Waals surface area contributed by atoms with Crippen LogP contribution in [0.25, 0.3) is 0 Å². The Morgan fingerprint density at radius 3 is 2.70 bits per heavy atom. The number of aromatic carboxylic acids is 1. The third-order valence-corrected chi connectivity index (χ3v) is 2.97. The van der Waals surface area contributed by atoms with Crippen molar-refractivity contribution in [2.24, 2.45) is 0 Å². The van der Waals surface area contributed by atoms with E-state index < -0.39 is 5.97 Å². The molecule has 0 aromatic heterocycles. The monoisotopic (exact) mass is 299 g/mol. The van der Waals surface area contributed by atoms with E-state index in [9.17, 15) is 9.59 Å². The summed E-state index contributed by atoms with van der Waals surface area (Å²) in [6.45, 7) is 1.71. The highest BCUT2D eigenvalue weighted by Gasteiger charge is 2.11. The molecule has 7 heteroatoms. The number of halogens is 1. The first-order valence-electron chi connectivity index (χ1n) is 6.10. The molecule has 0 aliphatic heterocycles. The van der Waals surface area contributed by atoms with Gasteiger partial charge < -0.3 is 15.7 Å². The normalized spacial score (nSPS) is 10.6. The number of benzene rings is 1. The van der Waals surface area contributed by atoms with E-state index in [-0.39, 0.29) is 18.0 Å². The lowest BCUT2D eigenvalue weighted by atomic mass is 10.2. The molecule has 110 valence electrons. The maximum atomic E-state index is 11.8. The number of nitrogens with zero attached hydrogens (tertiary/aromatic N) is 1. The zero-order valence-corrected chi connectivity index (χ0v) is 12.2. The van der Waals surface area contributed by atoms with E-state index in [1.807, 2.05) is 19.0 Å². The lowest BCUT2D eigenvalue weighted by molar-refractivity contribution is -0.117. The molecule has 0 radical (unpaired) electrons. The second-order valence-electron chi connectivity index (χ2n) is 4.39. The number of carboxylic acid groups (broad SMARTS) is 1. The van der Waals surface area contributed by atoms with Crippen molar-refractivity contribution in [3.63, 3.8) is 0 Å². The highest BCUT2D eigenvalue weighted by molar-refractivity contribution is 6.33. The predicted octanol–water partition coefficient (Wildman–Crippen LogP) is 1.13. The van der Waals surface area contributed by atoms with Crippen LogP contribution in [0.4, 0.5) is 5.69 Å². The molecule has 1 aromatic carbocycles. The number of anilines is 1. The van der Waals surface area contributed by atoms with Gasteiger partial charge in [-0.05, 0) is 32.3 Å². The molecular formula is C13H18ClN3O3. The van der Waals surface area contributed by atoms with Crippen LogP contribution in [-0.2, 0) is 4.79 Å². The summed E-state index contributed by atoms with van der Waals surface area (Å²) in [4.78, 5) is 24.6. The molecule has 0 saturated heterocycles.